The molecule has 5 heteroatoms. The molecule has 0 radical (unpaired) electrons. The van der Waals surface area contributed by atoms with Crippen LogP contribution in [0.5, 0.6) is 0 Å². The lowest BCUT2D eigenvalue weighted by molar-refractivity contribution is 0.0551. The van der Waals surface area contributed by atoms with Crippen LogP contribution in [0.15, 0.2) is 24.3 Å². The molecular formula is C18H26N4O. The van der Waals surface area contributed by atoms with E-state index in [0.29, 0.717) is 6.04 Å². The van der Waals surface area contributed by atoms with Crippen LogP contribution < -0.4 is 0 Å². The van der Waals surface area contributed by atoms with E-state index >= 15 is 0 Å². The van der Waals surface area contributed by atoms with Crippen LogP contribution in [0.2, 0.25) is 0 Å². The van der Waals surface area contributed by atoms with Gasteiger partial charge in [0.1, 0.15) is 0 Å². The van der Waals surface area contributed by atoms with Crippen LogP contribution in [-0.2, 0) is 11.3 Å². The van der Waals surface area contributed by atoms with Gasteiger partial charge in [0.05, 0.1) is 29.0 Å². The minimum atomic E-state index is 0.549. The largest absolute Gasteiger partial charge is 0.383 e. The molecule has 124 valence electrons. The van der Waals surface area contributed by atoms with Gasteiger partial charge in [-0.2, -0.15) is 0 Å². The molecular weight excluding hydrogens is 288 g/mol. The second-order valence-electron chi connectivity index (χ2n) is 6.36. The molecule has 1 aromatic heterocycles. The van der Waals surface area contributed by atoms with E-state index in [9.17, 15) is 0 Å². The van der Waals surface area contributed by atoms with Crippen LogP contribution in [0, 0.1) is 6.92 Å². The molecule has 1 aliphatic heterocycles. The zero-order chi connectivity index (χ0) is 16.2. The molecule has 0 bridgehead atoms. The van der Waals surface area contributed by atoms with Crippen LogP contribution in [-0.4, -0.2) is 65.7 Å². The van der Waals surface area contributed by atoms with Gasteiger partial charge in [-0.25, -0.2) is 9.97 Å². The number of rotatable bonds is 5. The van der Waals surface area contributed by atoms with Crippen LogP contribution in [0.1, 0.15) is 18.3 Å². The summed E-state index contributed by atoms with van der Waals surface area (Å²) >= 11 is 0. The van der Waals surface area contributed by atoms with Gasteiger partial charge in [-0.1, -0.05) is 12.1 Å². The molecule has 0 aliphatic carbocycles. The molecule has 2 aromatic rings. The fourth-order valence-electron chi connectivity index (χ4n) is 3.24. The third-order valence-corrected chi connectivity index (χ3v) is 4.65. The zero-order valence-corrected chi connectivity index (χ0v) is 14.3. The van der Waals surface area contributed by atoms with Crippen molar-refractivity contribution in [1.29, 1.82) is 0 Å². The molecule has 0 N–H and O–H groups in total. The Bertz CT molecular complexity index is 661. The summed E-state index contributed by atoms with van der Waals surface area (Å²) < 4.78 is 5.20. The van der Waals surface area contributed by atoms with E-state index in [1.165, 1.54) is 0 Å². The van der Waals surface area contributed by atoms with Gasteiger partial charge in [-0.05, 0) is 26.0 Å². The number of fused-ring (bicyclic) bond motifs is 1. The second-order valence-corrected chi connectivity index (χ2v) is 6.36. The van der Waals surface area contributed by atoms with Crippen molar-refractivity contribution in [1.82, 2.24) is 19.8 Å². The molecule has 0 amide bonds. The first-order chi connectivity index (χ1) is 11.2. The summed E-state index contributed by atoms with van der Waals surface area (Å²) in [5.41, 5.74) is 4.10. The molecule has 0 spiro atoms. The highest BCUT2D eigenvalue weighted by Gasteiger charge is 2.24. The molecule has 1 aromatic carbocycles. The van der Waals surface area contributed by atoms with Crippen molar-refractivity contribution in [2.75, 3.05) is 39.9 Å². The smallest absolute Gasteiger partial charge is 0.0890 e. The van der Waals surface area contributed by atoms with Gasteiger partial charge in [0, 0.05) is 45.9 Å². The summed E-state index contributed by atoms with van der Waals surface area (Å²) in [7, 11) is 1.77. The number of methoxy groups -OCH3 is 1. The minimum Gasteiger partial charge on any atom is -0.383 e. The molecule has 0 saturated carbocycles. The maximum atomic E-state index is 5.20. The highest BCUT2D eigenvalue weighted by Crippen LogP contribution is 2.16. The van der Waals surface area contributed by atoms with Crippen molar-refractivity contribution in [2.45, 2.75) is 26.4 Å². The summed E-state index contributed by atoms with van der Waals surface area (Å²) in [5.74, 6) is 0. The molecule has 1 saturated heterocycles. The molecule has 1 atom stereocenters. The first kappa shape index (κ1) is 16.3. The Hall–Kier alpha value is -1.56. The number of para-hydroxylation sites is 2. The van der Waals surface area contributed by atoms with E-state index < -0.39 is 0 Å². The predicted molar refractivity (Wildman–Crippen MR) is 92.5 cm³/mol. The Morgan fingerprint density at radius 3 is 2.61 bits per heavy atom. The quantitative estimate of drug-likeness (QED) is 0.845. The number of ether oxygens (including phenoxy) is 1. The third kappa shape index (κ3) is 3.86. The van der Waals surface area contributed by atoms with Gasteiger partial charge in [-0.15, -0.1) is 0 Å². The maximum absolute atomic E-state index is 5.20. The topological polar surface area (TPSA) is 41.5 Å². The van der Waals surface area contributed by atoms with Crippen molar-refractivity contribution >= 4 is 11.0 Å². The molecule has 23 heavy (non-hydrogen) atoms. The average Bonchev–Trinajstić information content (AvgIpc) is 2.55. The van der Waals surface area contributed by atoms with Crippen molar-refractivity contribution in [2.24, 2.45) is 0 Å². The average molecular weight is 314 g/mol. The Labute approximate surface area is 138 Å². The number of hydrogen-bond donors (Lipinski definition) is 0. The van der Waals surface area contributed by atoms with E-state index in [1.54, 1.807) is 7.11 Å². The minimum absolute atomic E-state index is 0.549. The lowest BCUT2D eigenvalue weighted by Gasteiger charge is -2.39. The highest BCUT2D eigenvalue weighted by atomic mass is 16.5. The van der Waals surface area contributed by atoms with Gasteiger partial charge in [0.2, 0.25) is 0 Å². The van der Waals surface area contributed by atoms with Gasteiger partial charge < -0.3 is 4.74 Å². The SMILES string of the molecule is COCCN1CCN(Cc2nc3ccccc3nc2C)CC1C. The Kier molecular flexibility index (Phi) is 5.20. The number of nitrogens with zero attached hydrogens (tertiary/aromatic N) is 4. The van der Waals surface area contributed by atoms with Crippen LogP contribution >= 0.6 is 0 Å². The normalized spacial score (nSPS) is 20.2. The fourth-order valence-corrected chi connectivity index (χ4v) is 3.24. The number of benzene rings is 1. The summed E-state index contributed by atoms with van der Waals surface area (Å²) in [6, 6.07) is 8.64. The van der Waals surface area contributed by atoms with Crippen molar-refractivity contribution in [3.63, 3.8) is 0 Å². The molecule has 2 heterocycles. The monoisotopic (exact) mass is 314 g/mol. The lowest BCUT2D eigenvalue weighted by atomic mass is 10.1. The zero-order valence-electron chi connectivity index (χ0n) is 14.3. The number of hydrogen-bond acceptors (Lipinski definition) is 5. The standard InChI is InChI=1S/C18H26N4O/c1-14-12-21(8-9-22(14)10-11-23-3)13-18-15(2)19-16-6-4-5-7-17(16)20-18/h4-7,14H,8-13H2,1-3H3. The van der Waals surface area contributed by atoms with E-state index in [4.69, 9.17) is 14.7 Å². The van der Waals surface area contributed by atoms with Crippen molar-refractivity contribution < 1.29 is 4.74 Å². The summed E-state index contributed by atoms with van der Waals surface area (Å²) in [6.07, 6.45) is 0. The van der Waals surface area contributed by atoms with Crippen molar-refractivity contribution in [3.05, 3.63) is 35.7 Å². The van der Waals surface area contributed by atoms with Gasteiger partial charge in [-0.3, -0.25) is 9.80 Å². The highest BCUT2D eigenvalue weighted by molar-refractivity contribution is 5.74. The lowest BCUT2D eigenvalue weighted by Crippen LogP contribution is -2.52. The number of aryl methyl sites for hydroxylation is 1. The Morgan fingerprint density at radius 1 is 1.17 bits per heavy atom. The molecule has 5 nitrogen and oxygen atoms in total. The molecule has 1 aliphatic rings. The first-order valence-corrected chi connectivity index (χ1v) is 8.35. The van der Waals surface area contributed by atoms with Crippen molar-refractivity contribution in [3.8, 4) is 0 Å². The first-order valence-electron chi connectivity index (χ1n) is 8.35. The summed E-state index contributed by atoms with van der Waals surface area (Å²) in [6.45, 7) is 10.3. The Balaban J connectivity index is 1.67. The number of piperazine rings is 1. The fraction of sp³-hybridized carbons (Fsp3) is 0.556. The summed E-state index contributed by atoms with van der Waals surface area (Å²) in [5, 5.41) is 0. The molecule has 1 unspecified atom stereocenters. The summed E-state index contributed by atoms with van der Waals surface area (Å²) in [4.78, 5) is 14.5. The molecule has 3 rings (SSSR count). The Morgan fingerprint density at radius 2 is 1.91 bits per heavy atom. The maximum Gasteiger partial charge on any atom is 0.0890 e. The van der Waals surface area contributed by atoms with Gasteiger partial charge in [0.25, 0.3) is 0 Å². The third-order valence-electron chi connectivity index (χ3n) is 4.65. The van der Waals surface area contributed by atoms with Crippen LogP contribution in [0.4, 0.5) is 0 Å². The van der Waals surface area contributed by atoms with Gasteiger partial charge in [0.15, 0.2) is 0 Å². The molecule has 1 fully saturated rings. The second kappa shape index (κ2) is 7.34. The number of aromatic nitrogens is 2. The van der Waals surface area contributed by atoms with Crippen LogP contribution in [0.3, 0.4) is 0 Å². The van der Waals surface area contributed by atoms with E-state index in [0.717, 1.165) is 61.8 Å². The van der Waals surface area contributed by atoms with E-state index in [-0.39, 0.29) is 0 Å². The predicted octanol–water partition coefficient (Wildman–Crippen LogP) is 2.09. The van der Waals surface area contributed by atoms with E-state index in [2.05, 4.69) is 23.6 Å². The van der Waals surface area contributed by atoms with Crippen LogP contribution in [0.25, 0.3) is 11.0 Å². The van der Waals surface area contributed by atoms with E-state index in [1.807, 2.05) is 24.3 Å². The van der Waals surface area contributed by atoms with Gasteiger partial charge >= 0.3 is 0 Å².